The lowest BCUT2D eigenvalue weighted by atomic mass is 10.0. The van der Waals surface area contributed by atoms with E-state index in [4.69, 9.17) is 14.2 Å². The Balaban J connectivity index is 4.12. The number of hydrogen-bond donors (Lipinski definition) is 0. The van der Waals surface area contributed by atoms with Gasteiger partial charge < -0.3 is 14.2 Å². The molecule has 0 aromatic rings. The van der Waals surface area contributed by atoms with Crippen LogP contribution in [-0.2, 0) is 28.6 Å². The van der Waals surface area contributed by atoms with Crippen molar-refractivity contribution < 1.29 is 28.6 Å². The van der Waals surface area contributed by atoms with E-state index in [1.807, 2.05) is 0 Å². The van der Waals surface area contributed by atoms with E-state index in [2.05, 4.69) is 118 Å². The van der Waals surface area contributed by atoms with Gasteiger partial charge in [0.2, 0.25) is 0 Å². The second-order valence-corrected chi connectivity index (χ2v) is 23.4. The molecule has 0 saturated carbocycles. The average Bonchev–Trinajstić information content (AvgIpc) is 3.48. The fraction of sp³-hybridized carbons (Fsp3) is 0.750. The van der Waals surface area contributed by atoms with E-state index in [1.54, 1.807) is 0 Å². The molecule has 0 aromatic heterocycles. The van der Waals surface area contributed by atoms with Crippen LogP contribution in [0.2, 0.25) is 0 Å². The van der Waals surface area contributed by atoms with Crippen molar-refractivity contribution in [3.63, 3.8) is 0 Å². The van der Waals surface area contributed by atoms with Crippen molar-refractivity contribution in [1.29, 1.82) is 0 Å². The molecule has 0 bridgehead atoms. The second kappa shape index (κ2) is 69.8. The first-order chi connectivity index (χ1) is 40.5. The molecule has 1 atom stereocenters. The number of ether oxygens (including phenoxy) is 3. The van der Waals surface area contributed by atoms with Gasteiger partial charge in [-0.15, -0.1) is 0 Å². The van der Waals surface area contributed by atoms with Crippen LogP contribution in [0.5, 0.6) is 0 Å². The summed E-state index contributed by atoms with van der Waals surface area (Å²) in [7, 11) is 0. The quantitative estimate of drug-likeness (QED) is 0.0261. The van der Waals surface area contributed by atoms with Crippen molar-refractivity contribution >= 4 is 17.9 Å². The number of carbonyl (C=O) groups excluding carboxylic acids is 3. The van der Waals surface area contributed by atoms with Gasteiger partial charge in [-0.2, -0.15) is 0 Å². The summed E-state index contributed by atoms with van der Waals surface area (Å²) < 4.78 is 16.9. The van der Waals surface area contributed by atoms with Gasteiger partial charge in [0.1, 0.15) is 13.2 Å². The van der Waals surface area contributed by atoms with Gasteiger partial charge in [-0.1, -0.05) is 330 Å². The smallest absolute Gasteiger partial charge is 0.306 e. The van der Waals surface area contributed by atoms with Crippen molar-refractivity contribution in [3.8, 4) is 0 Å². The molecule has 0 aromatic carbocycles. The zero-order valence-corrected chi connectivity index (χ0v) is 54.2. The number of allylic oxidation sites excluding steroid dienone is 16. The summed E-state index contributed by atoms with van der Waals surface area (Å²) in [6, 6.07) is 0. The van der Waals surface area contributed by atoms with Crippen LogP contribution in [0.25, 0.3) is 0 Å². The zero-order chi connectivity index (χ0) is 59.2. The third-order valence-electron chi connectivity index (χ3n) is 15.3. The van der Waals surface area contributed by atoms with Crippen molar-refractivity contribution in [2.45, 2.75) is 354 Å². The molecule has 0 spiro atoms. The summed E-state index contributed by atoms with van der Waals surface area (Å²) in [5.74, 6) is -0.868. The maximum absolute atomic E-state index is 12.9. The van der Waals surface area contributed by atoms with Crippen molar-refractivity contribution in [2.24, 2.45) is 0 Å². The molecule has 6 nitrogen and oxygen atoms in total. The molecule has 82 heavy (non-hydrogen) atoms. The molecule has 0 rings (SSSR count). The maximum atomic E-state index is 12.9. The first-order valence-corrected chi connectivity index (χ1v) is 35.2. The van der Waals surface area contributed by atoms with Gasteiger partial charge >= 0.3 is 17.9 Å². The van der Waals surface area contributed by atoms with Gasteiger partial charge in [-0.05, 0) is 96.3 Å². The minimum absolute atomic E-state index is 0.0756. The lowest BCUT2D eigenvalue weighted by Gasteiger charge is -2.18. The maximum Gasteiger partial charge on any atom is 0.306 e. The largest absolute Gasteiger partial charge is 0.462 e. The Morgan fingerprint density at radius 1 is 0.256 bits per heavy atom. The SMILES string of the molecule is CC/C=C\C/C=C\C/C=C\C/C=C\CCCCCCCCCCCCCCCCCCCCCCC(=O)OCC(COC(=O)CCCCCCCCCCCC)OC(=O)CCCCCCCCCC/C=C\C/C=C\C/C=C\C/C=C\CC. The highest BCUT2D eigenvalue weighted by atomic mass is 16.6. The molecule has 0 aliphatic rings. The predicted octanol–water partition coefficient (Wildman–Crippen LogP) is 24.4. The Labute approximate surface area is 508 Å². The van der Waals surface area contributed by atoms with Crippen LogP contribution in [0, 0.1) is 0 Å². The van der Waals surface area contributed by atoms with E-state index in [1.165, 1.54) is 193 Å². The van der Waals surface area contributed by atoms with Crippen LogP contribution >= 0.6 is 0 Å². The fourth-order valence-corrected chi connectivity index (χ4v) is 10.1. The second-order valence-electron chi connectivity index (χ2n) is 23.4. The summed E-state index contributed by atoms with van der Waals surface area (Å²) >= 11 is 0. The highest BCUT2D eigenvalue weighted by molar-refractivity contribution is 5.71. The Bertz CT molecular complexity index is 1590. The van der Waals surface area contributed by atoms with Crippen LogP contribution in [0.3, 0.4) is 0 Å². The molecule has 0 aliphatic carbocycles. The number of hydrogen-bond acceptors (Lipinski definition) is 6. The molecule has 0 saturated heterocycles. The van der Waals surface area contributed by atoms with Gasteiger partial charge in [0.25, 0.3) is 0 Å². The van der Waals surface area contributed by atoms with E-state index >= 15 is 0 Å². The lowest BCUT2D eigenvalue weighted by Crippen LogP contribution is -2.30. The Morgan fingerprint density at radius 3 is 0.744 bits per heavy atom. The number of rotatable bonds is 64. The monoisotopic (exact) mass is 1140 g/mol. The third-order valence-corrected chi connectivity index (χ3v) is 15.3. The van der Waals surface area contributed by atoms with Gasteiger partial charge in [-0.3, -0.25) is 14.4 Å². The van der Waals surface area contributed by atoms with Gasteiger partial charge in [0.15, 0.2) is 6.10 Å². The highest BCUT2D eigenvalue weighted by Gasteiger charge is 2.19. The van der Waals surface area contributed by atoms with Crippen LogP contribution in [0.1, 0.15) is 348 Å². The van der Waals surface area contributed by atoms with Crippen molar-refractivity contribution in [3.05, 3.63) is 97.2 Å². The number of unbranched alkanes of at least 4 members (excludes halogenated alkanes) is 37. The van der Waals surface area contributed by atoms with Crippen molar-refractivity contribution in [2.75, 3.05) is 13.2 Å². The lowest BCUT2D eigenvalue weighted by molar-refractivity contribution is -0.167. The summed E-state index contributed by atoms with van der Waals surface area (Å²) in [4.78, 5) is 38.3. The summed E-state index contributed by atoms with van der Waals surface area (Å²) in [5, 5.41) is 0. The third kappa shape index (κ3) is 67.1. The normalized spacial score (nSPS) is 12.7. The summed E-state index contributed by atoms with van der Waals surface area (Å²) in [6.45, 7) is 6.44. The molecule has 0 aliphatic heterocycles. The van der Waals surface area contributed by atoms with Crippen LogP contribution < -0.4 is 0 Å². The molecular formula is C76H132O6. The van der Waals surface area contributed by atoms with Gasteiger partial charge in [0, 0.05) is 19.3 Å². The van der Waals surface area contributed by atoms with E-state index in [9.17, 15) is 14.4 Å². The first kappa shape index (κ1) is 78.3. The molecule has 6 heteroatoms. The molecule has 472 valence electrons. The Hall–Kier alpha value is -3.67. The zero-order valence-electron chi connectivity index (χ0n) is 54.2. The molecule has 0 amide bonds. The van der Waals surface area contributed by atoms with E-state index in [-0.39, 0.29) is 31.1 Å². The van der Waals surface area contributed by atoms with Gasteiger partial charge in [-0.25, -0.2) is 0 Å². The first-order valence-electron chi connectivity index (χ1n) is 35.2. The standard InChI is InChI=1S/C76H132O6/c1-4-7-10-13-16-19-22-24-26-28-30-32-33-34-35-36-37-38-39-40-41-42-43-45-46-48-50-52-54-57-60-63-66-69-75(78)81-72-73(71-80-74(77)68-65-62-59-56-21-18-15-12-9-6-3)82-76(79)70-67-64-61-58-55-53-51-49-47-44-31-29-27-25-23-20-17-14-11-8-5-2/h7-8,10-11,16-17,19-20,24-27,30-32,44,73H,4-6,9,12-15,18,21-23,28-29,33-43,45-72H2,1-3H3/b10-7-,11-8-,19-16-,20-17-,26-24-,27-25-,32-30-,44-31-. The molecule has 1 unspecified atom stereocenters. The Morgan fingerprint density at radius 2 is 0.476 bits per heavy atom. The summed E-state index contributed by atoms with van der Waals surface area (Å²) in [5.41, 5.74) is 0. The molecule has 0 heterocycles. The van der Waals surface area contributed by atoms with E-state index < -0.39 is 6.10 Å². The van der Waals surface area contributed by atoms with Crippen LogP contribution in [0.15, 0.2) is 97.2 Å². The Kier molecular flexibility index (Phi) is 66.7. The van der Waals surface area contributed by atoms with Crippen molar-refractivity contribution in [1.82, 2.24) is 0 Å². The fourth-order valence-electron chi connectivity index (χ4n) is 10.1. The average molecular weight is 1140 g/mol. The molecular weight excluding hydrogens is 1010 g/mol. The topological polar surface area (TPSA) is 78.9 Å². The number of carbonyl (C=O) groups is 3. The predicted molar refractivity (Wildman–Crippen MR) is 357 cm³/mol. The minimum atomic E-state index is -0.779. The number of esters is 3. The van der Waals surface area contributed by atoms with E-state index in [0.29, 0.717) is 19.3 Å². The van der Waals surface area contributed by atoms with Crippen LogP contribution in [0.4, 0.5) is 0 Å². The molecule has 0 fully saturated rings. The molecule has 0 N–H and O–H groups in total. The van der Waals surface area contributed by atoms with E-state index in [0.717, 1.165) is 116 Å². The molecule has 0 radical (unpaired) electrons. The minimum Gasteiger partial charge on any atom is -0.462 e. The summed E-state index contributed by atoms with van der Waals surface area (Å²) in [6.07, 6.45) is 94.5. The van der Waals surface area contributed by atoms with Crippen LogP contribution in [-0.4, -0.2) is 37.2 Å². The van der Waals surface area contributed by atoms with Gasteiger partial charge in [0.05, 0.1) is 0 Å². The highest BCUT2D eigenvalue weighted by Crippen LogP contribution is 2.18.